The van der Waals surface area contributed by atoms with Gasteiger partial charge in [-0.1, -0.05) is 0 Å². The van der Waals surface area contributed by atoms with Crippen LogP contribution in [0.1, 0.15) is 19.3 Å². The highest BCUT2D eigenvalue weighted by Crippen LogP contribution is 2.23. The Labute approximate surface area is 112 Å². The average molecular weight is 254 g/mol. The van der Waals surface area contributed by atoms with Gasteiger partial charge in [-0.05, 0) is 72.0 Å². The van der Waals surface area contributed by atoms with Crippen molar-refractivity contribution >= 4 is 0 Å². The van der Waals surface area contributed by atoms with Crippen LogP contribution in [0.15, 0.2) is 0 Å². The van der Waals surface area contributed by atoms with Gasteiger partial charge in [0.2, 0.25) is 0 Å². The smallest absolute Gasteiger partial charge is 0.0235 e. The number of likely N-dealkylation sites (tertiary alicyclic amines) is 2. The molecule has 0 aliphatic carbocycles. The Balaban J connectivity index is 1.65. The second-order valence-electron chi connectivity index (χ2n) is 6.29. The quantitative estimate of drug-likeness (QED) is 0.739. The molecule has 0 saturated carbocycles. The summed E-state index contributed by atoms with van der Waals surface area (Å²) in [6.07, 6.45) is 3.97. The molecule has 18 heavy (non-hydrogen) atoms. The maximum Gasteiger partial charge on any atom is 0.0235 e. The lowest BCUT2D eigenvalue weighted by Gasteiger charge is -2.24. The molecule has 0 aromatic carbocycles. The third-order valence-electron chi connectivity index (χ3n) is 4.49. The van der Waals surface area contributed by atoms with Crippen molar-refractivity contribution in [3.05, 3.63) is 0 Å². The lowest BCUT2D eigenvalue weighted by molar-refractivity contribution is 0.222. The topological polar surface area (TPSA) is 35.7 Å². The molecule has 2 atom stereocenters. The van der Waals surface area contributed by atoms with Gasteiger partial charge < -0.3 is 15.5 Å². The molecular weight excluding hydrogens is 224 g/mol. The van der Waals surface area contributed by atoms with E-state index < -0.39 is 0 Å². The Bertz CT molecular complexity index is 244. The highest BCUT2D eigenvalue weighted by molar-refractivity contribution is 4.88. The number of rotatable bonds is 6. The number of nitrogens with two attached hydrogens (primary N) is 1. The van der Waals surface area contributed by atoms with Crippen molar-refractivity contribution in [3.8, 4) is 0 Å². The first-order valence-corrected chi connectivity index (χ1v) is 7.50. The van der Waals surface area contributed by atoms with E-state index in [-0.39, 0.29) is 0 Å². The van der Waals surface area contributed by atoms with E-state index in [1.54, 1.807) is 0 Å². The molecule has 4 heteroatoms. The van der Waals surface area contributed by atoms with Crippen LogP contribution in [0.5, 0.6) is 0 Å². The van der Waals surface area contributed by atoms with E-state index in [9.17, 15) is 0 Å². The van der Waals surface area contributed by atoms with Crippen LogP contribution >= 0.6 is 0 Å². The minimum Gasteiger partial charge on any atom is -0.330 e. The monoisotopic (exact) mass is 254 g/mol. The van der Waals surface area contributed by atoms with Gasteiger partial charge in [0.15, 0.2) is 0 Å². The molecule has 2 fully saturated rings. The number of nitrogens with zero attached hydrogens (tertiary/aromatic N) is 3. The molecule has 0 bridgehead atoms. The predicted octanol–water partition coefficient (Wildman–Crippen LogP) is 0.293. The van der Waals surface area contributed by atoms with Crippen LogP contribution in [0.4, 0.5) is 0 Å². The standard InChI is InChI=1S/C14H30N4/c1-16(2)6-3-7-17-8-5-14(12-17)18-9-4-13(10-15)11-18/h13-14H,3-12,15H2,1-2H3. The molecule has 0 amide bonds. The van der Waals surface area contributed by atoms with Crippen molar-refractivity contribution in [3.63, 3.8) is 0 Å². The Morgan fingerprint density at radius 2 is 2.00 bits per heavy atom. The summed E-state index contributed by atoms with van der Waals surface area (Å²) in [6.45, 7) is 8.44. The number of hydrogen-bond acceptors (Lipinski definition) is 4. The van der Waals surface area contributed by atoms with Crippen LogP contribution < -0.4 is 5.73 Å². The van der Waals surface area contributed by atoms with E-state index in [4.69, 9.17) is 5.73 Å². The van der Waals surface area contributed by atoms with Gasteiger partial charge in [0, 0.05) is 19.1 Å². The van der Waals surface area contributed by atoms with E-state index in [2.05, 4.69) is 28.8 Å². The van der Waals surface area contributed by atoms with Gasteiger partial charge in [0.05, 0.1) is 0 Å². The fourth-order valence-corrected chi connectivity index (χ4v) is 3.31. The summed E-state index contributed by atoms with van der Waals surface area (Å²) in [5.41, 5.74) is 5.77. The van der Waals surface area contributed by atoms with E-state index in [1.165, 1.54) is 58.5 Å². The molecule has 2 unspecified atom stereocenters. The molecule has 2 N–H and O–H groups in total. The van der Waals surface area contributed by atoms with Gasteiger partial charge in [-0.15, -0.1) is 0 Å². The molecule has 0 aromatic rings. The summed E-state index contributed by atoms with van der Waals surface area (Å²) < 4.78 is 0. The van der Waals surface area contributed by atoms with Crippen molar-refractivity contribution in [2.24, 2.45) is 11.7 Å². The van der Waals surface area contributed by atoms with E-state index in [0.29, 0.717) is 0 Å². The molecule has 2 saturated heterocycles. The van der Waals surface area contributed by atoms with E-state index >= 15 is 0 Å². The summed E-state index contributed by atoms with van der Waals surface area (Å²) >= 11 is 0. The third-order valence-corrected chi connectivity index (χ3v) is 4.49. The first kappa shape index (κ1) is 14.3. The molecule has 106 valence electrons. The minimum atomic E-state index is 0.757. The van der Waals surface area contributed by atoms with E-state index in [1.807, 2.05) is 0 Å². The molecule has 2 heterocycles. The summed E-state index contributed by atoms with van der Waals surface area (Å²) in [5, 5.41) is 0. The fraction of sp³-hybridized carbons (Fsp3) is 1.00. The zero-order valence-corrected chi connectivity index (χ0v) is 12.1. The first-order chi connectivity index (χ1) is 8.69. The fourth-order valence-electron chi connectivity index (χ4n) is 3.31. The largest absolute Gasteiger partial charge is 0.330 e. The van der Waals surface area contributed by atoms with Crippen molar-refractivity contribution in [1.29, 1.82) is 0 Å². The molecule has 2 aliphatic heterocycles. The third kappa shape index (κ3) is 3.92. The molecular formula is C14H30N4. The summed E-state index contributed by atoms with van der Waals surface area (Å²) in [4.78, 5) is 7.60. The summed E-state index contributed by atoms with van der Waals surface area (Å²) in [7, 11) is 4.31. The molecule has 0 spiro atoms. The summed E-state index contributed by atoms with van der Waals surface area (Å²) in [6, 6.07) is 0.806. The molecule has 0 aromatic heterocycles. The van der Waals surface area contributed by atoms with Crippen molar-refractivity contribution in [1.82, 2.24) is 14.7 Å². The Morgan fingerprint density at radius 1 is 1.17 bits per heavy atom. The van der Waals surface area contributed by atoms with Crippen molar-refractivity contribution in [2.45, 2.75) is 25.3 Å². The van der Waals surface area contributed by atoms with Crippen LogP contribution in [-0.2, 0) is 0 Å². The molecule has 2 rings (SSSR count). The highest BCUT2D eigenvalue weighted by atomic mass is 15.3. The maximum atomic E-state index is 5.77. The normalized spacial score (nSPS) is 30.7. The lowest BCUT2D eigenvalue weighted by atomic mass is 10.1. The summed E-state index contributed by atoms with van der Waals surface area (Å²) in [5.74, 6) is 0.757. The zero-order valence-electron chi connectivity index (χ0n) is 12.1. The van der Waals surface area contributed by atoms with Crippen molar-refractivity contribution in [2.75, 3.05) is 59.9 Å². The molecule has 0 radical (unpaired) electrons. The van der Waals surface area contributed by atoms with Gasteiger partial charge >= 0.3 is 0 Å². The SMILES string of the molecule is CN(C)CCCN1CCC(N2CCC(CN)C2)C1. The molecule has 4 nitrogen and oxygen atoms in total. The van der Waals surface area contributed by atoms with E-state index in [0.717, 1.165) is 18.5 Å². The highest BCUT2D eigenvalue weighted by Gasteiger charge is 2.31. The van der Waals surface area contributed by atoms with Crippen LogP contribution in [0.3, 0.4) is 0 Å². The molecule has 2 aliphatic rings. The van der Waals surface area contributed by atoms with Gasteiger partial charge in [-0.25, -0.2) is 0 Å². The number of hydrogen-bond donors (Lipinski definition) is 1. The first-order valence-electron chi connectivity index (χ1n) is 7.50. The maximum absolute atomic E-state index is 5.77. The van der Waals surface area contributed by atoms with Crippen LogP contribution in [0, 0.1) is 5.92 Å². The van der Waals surface area contributed by atoms with Crippen molar-refractivity contribution < 1.29 is 0 Å². The van der Waals surface area contributed by atoms with Gasteiger partial charge in [-0.2, -0.15) is 0 Å². The Kier molecular flexibility index (Phi) is 5.42. The minimum absolute atomic E-state index is 0.757. The second-order valence-corrected chi connectivity index (χ2v) is 6.29. The zero-order chi connectivity index (χ0) is 13.0. The van der Waals surface area contributed by atoms with Gasteiger partial charge in [0.25, 0.3) is 0 Å². The van der Waals surface area contributed by atoms with Crippen LogP contribution in [-0.4, -0.2) is 80.7 Å². The average Bonchev–Trinajstić information content (AvgIpc) is 2.95. The Morgan fingerprint density at radius 3 is 2.67 bits per heavy atom. The van der Waals surface area contributed by atoms with Gasteiger partial charge in [-0.3, -0.25) is 4.90 Å². The van der Waals surface area contributed by atoms with Crippen LogP contribution in [0.25, 0.3) is 0 Å². The second kappa shape index (κ2) is 6.85. The van der Waals surface area contributed by atoms with Gasteiger partial charge in [0.1, 0.15) is 0 Å². The lowest BCUT2D eigenvalue weighted by Crippen LogP contribution is -2.36. The predicted molar refractivity (Wildman–Crippen MR) is 76.8 cm³/mol. The Hall–Kier alpha value is -0.160. The van der Waals surface area contributed by atoms with Crippen LogP contribution in [0.2, 0.25) is 0 Å².